The van der Waals surface area contributed by atoms with E-state index in [9.17, 15) is 19.2 Å². The lowest BCUT2D eigenvalue weighted by Crippen LogP contribution is -2.42. The molecule has 0 saturated heterocycles. The van der Waals surface area contributed by atoms with E-state index in [1.165, 1.54) is 31.2 Å². The molecule has 0 unspecified atom stereocenters. The number of nitrogens with one attached hydrogen (secondary N) is 2. The highest BCUT2D eigenvalue weighted by Gasteiger charge is 2.13. The van der Waals surface area contributed by atoms with Gasteiger partial charge in [0, 0.05) is 18.1 Å². The Balaban J connectivity index is 1.93. The molecule has 7 heteroatoms. The summed E-state index contributed by atoms with van der Waals surface area (Å²) in [6, 6.07) is 14.7. The van der Waals surface area contributed by atoms with E-state index in [0.717, 1.165) is 0 Å². The number of ketones is 1. The van der Waals surface area contributed by atoms with Gasteiger partial charge in [0.1, 0.15) is 0 Å². The Hall–Kier alpha value is -3.48. The first-order valence-electron chi connectivity index (χ1n) is 7.39. The SMILES string of the molecule is CC(=O)NNC(=O)COC(=O)c1ccc(C(=O)c2ccccc2)cc1. The Morgan fingerprint density at radius 1 is 0.800 bits per heavy atom. The van der Waals surface area contributed by atoms with Crippen molar-refractivity contribution in [2.45, 2.75) is 6.92 Å². The van der Waals surface area contributed by atoms with Gasteiger partial charge in [0.05, 0.1) is 5.56 Å². The lowest BCUT2D eigenvalue weighted by molar-refractivity contribution is -0.129. The number of benzene rings is 2. The van der Waals surface area contributed by atoms with Crippen LogP contribution >= 0.6 is 0 Å². The fraction of sp³-hybridized carbons (Fsp3) is 0.111. The summed E-state index contributed by atoms with van der Waals surface area (Å²) in [7, 11) is 0. The number of ether oxygens (including phenoxy) is 1. The van der Waals surface area contributed by atoms with Crippen LogP contribution in [0.25, 0.3) is 0 Å². The molecule has 0 atom stereocenters. The summed E-state index contributed by atoms with van der Waals surface area (Å²) < 4.78 is 4.82. The van der Waals surface area contributed by atoms with Gasteiger partial charge in [0.15, 0.2) is 12.4 Å². The van der Waals surface area contributed by atoms with Gasteiger partial charge in [-0.3, -0.25) is 25.2 Å². The Labute approximate surface area is 144 Å². The summed E-state index contributed by atoms with van der Waals surface area (Å²) in [4.78, 5) is 46.1. The molecule has 0 aliphatic rings. The predicted molar refractivity (Wildman–Crippen MR) is 88.6 cm³/mol. The summed E-state index contributed by atoms with van der Waals surface area (Å²) in [5.41, 5.74) is 5.34. The second kappa shape index (κ2) is 8.39. The van der Waals surface area contributed by atoms with Gasteiger partial charge in [-0.05, 0) is 12.1 Å². The number of carbonyl (C=O) groups excluding carboxylic acids is 4. The van der Waals surface area contributed by atoms with E-state index >= 15 is 0 Å². The van der Waals surface area contributed by atoms with Crippen LogP contribution in [0.15, 0.2) is 54.6 Å². The highest BCUT2D eigenvalue weighted by Crippen LogP contribution is 2.11. The topological polar surface area (TPSA) is 102 Å². The molecule has 2 aromatic rings. The predicted octanol–water partition coefficient (Wildman–Crippen LogP) is 1.24. The zero-order valence-corrected chi connectivity index (χ0v) is 13.4. The Bertz CT molecular complexity index is 785. The first kappa shape index (κ1) is 17.9. The van der Waals surface area contributed by atoms with Crippen LogP contribution in [0.4, 0.5) is 0 Å². The van der Waals surface area contributed by atoms with Crippen molar-refractivity contribution in [1.29, 1.82) is 0 Å². The average Bonchev–Trinajstić information content (AvgIpc) is 2.64. The second-order valence-electron chi connectivity index (χ2n) is 5.08. The average molecular weight is 340 g/mol. The molecule has 7 nitrogen and oxygen atoms in total. The van der Waals surface area contributed by atoms with Gasteiger partial charge in [0.25, 0.3) is 5.91 Å². The molecule has 0 radical (unpaired) electrons. The van der Waals surface area contributed by atoms with Gasteiger partial charge in [-0.25, -0.2) is 4.79 Å². The van der Waals surface area contributed by atoms with Gasteiger partial charge in [-0.1, -0.05) is 42.5 Å². The van der Waals surface area contributed by atoms with Gasteiger partial charge in [-0.2, -0.15) is 0 Å². The summed E-state index contributed by atoms with van der Waals surface area (Å²) in [5.74, 6) is -1.98. The maximum absolute atomic E-state index is 12.3. The van der Waals surface area contributed by atoms with Crippen LogP contribution in [0.2, 0.25) is 0 Å². The molecule has 0 heterocycles. The number of amides is 2. The van der Waals surface area contributed by atoms with Crippen LogP contribution in [-0.2, 0) is 14.3 Å². The third-order valence-electron chi connectivity index (χ3n) is 3.13. The summed E-state index contributed by atoms with van der Waals surface area (Å²) in [6.07, 6.45) is 0. The van der Waals surface area contributed by atoms with Crippen molar-refractivity contribution in [2.24, 2.45) is 0 Å². The molecule has 0 aliphatic heterocycles. The standard InChI is InChI=1S/C18H16N2O5/c1-12(21)19-20-16(22)11-25-18(24)15-9-7-14(8-10-15)17(23)13-5-3-2-4-6-13/h2-10H,11H2,1H3,(H,19,21)(H,20,22). The molecular formula is C18H16N2O5. The van der Waals surface area contributed by atoms with E-state index in [-0.39, 0.29) is 11.3 Å². The molecule has 2 rings (SSSR count). The number of rotatable bonds is 5. The van der Waals surface area contributed by atoms with Crippen LogP contribution in [0.5, 0.6) is 0 Å². The number of carbonyl (C=O) groups is 4. The van der Waals surface area contributed by atoms with Crippen molar-refractivity contribution in [1.82, 2.24) is 10.9 Å². The zero-order valence-electron chi connectivity index (χ0n) is 13.4. The minimum Gasteiger partial charge on any atom is -0.452 e. The zero-order chi connectivity index (χ0) is 18.2. The molecule has 0 saturated carbocycles. The summed E-state index contributed by atoms with van der Waals surface area (Å²) in [5, 5.41) is 0. The number of esters is 1. The van der Waals surface area contributed by atoms with Crippen LogP contribution in [0, 0.1) is 0 Å². The molecular weight excluding hydrogens is 324 g/mol. The lowest BCUT2D eigenvalue weighted by Gasteiger charge is -2.07. The molecule has 0 aliphatic carbocycles. The third kappa shape index (κ3) is 5.28. The maximum atomic E-state index is 12.3. The van der Waals surface area contributed by atoms with Crippen molar-refractivity contribution >= 4 is 23.6 Å². The highest BCUT2D eigenvalue weighted by atomic mass is 16.5. The smallest absolute Gasteiger partial charge is 0.338 e. The van der Waals surface area contributed by atoms with Gasteiger partial charge in [-0.15, -0.1) is 0 Å². The summed E-state index contributed by atoms with van der Waals surface area (Å²) in [6.45, 7) is 0.689. The maximum Gasteiger partial charge on any atom is 0.338 e. The molecule has 2 amide bonds. The van der Waals surface area contributed by atoms with Gasteiger partial charge >= 0.3 is 5.97 Å². The number of hydrazine groups is 1. The van der Waals surface area contributed by atoms with Crippen molar-refractivity contribution in [3.05, 3.63) is 71.3 Å². The van der Waals surface area contributed by atoms with Crippen molar-refractivity contribution in [3.63, 3.8) is 0 Å². The van der Waals surface area contributed by atoms with Crippen molar-refractivity contribution in [2.75, 3.05) is 6.61 Å². The van der Waals surface area contributed by atoms with Crippen molar-refractivity contribution in [3.8, 4) is 0 Å². The van der Waals surface area contributed by atoms with E-state index in [1.807, 2.05) is 6.07 Å². The largest absolute Gasteiger partial charge is 0.452 e. The first-order chi connectivity index (χ1) is 12.0. The van der Waals surface area contributed by atoms with E-state index < -0.39 is 24.4 Å². The fourth-order valence-electron chi connectivity index (χ4n) is 1.92. The van der Waals surface area contributed by atoms with Gasteiger partial charge < -0.3 is 4.74 Å². The minimum absolute atomic E-state index is 0.157. The molecule has 2 N–H and O–H groups in total. The normalized spacial score (nSPS) is 9.80. The quantitative estimate of drug-likeness (QED) is 0.484. The molecule has 128 valence electrons. The molecule has 0 aromatic heterocycles. The van der Waals surface area contributed by atoms with E-state index in [0.29, 0.717) is 11.1 Å². The molecule has 0 bridgehead atoms. The van der Waals surface area contributed by atoms with Crippen molar-refractivity contribution < 1.29 is 23.9 Å². The molecule has 0 fully saturated rings. The van der Waals surface area contributed by atoms with Crippen LogP contribution < -0.4 is 10.9 Å². The van der Waals surface area contributed by atoms with E-state index in [1.54, 1.807) is 24.3 Å². The highest BCUT2D eigenvalue weighted by molar-refractivity contribution is 6.09. The summed E-state index contributed by atoms with van der Waals surface area (Å²) >= 11 is 0. The molecule has 25 heavy (non-hydrogen) atoms. The second-order valence-corrected chi connectivity index (χ2v) is 5.08. The molecule has 0 spiro atoms. The van der Waals surface area contributed by atoms with Crippen LogP contribution in [0.3, 0.4) is 0 Å². The third-order valence-corrected chi connectivity index (χ3v) is 3.13. The Morgan fingerprint density at radius 3 is 1.96 bits per heavy atom. The molecule has 2 aromatic carbocycles. The fourth-order valence-corrected chi connectivity index (χ4v) is 1.92. The van der Waals surface area contributed by atoms with Crippen LogP contribution in [0.1, 0.15) is 33.2 Å². The van der Waals surface area contributed by atoms with Crippen LogP contribution in [-0.4, -0.2) is 30.2 Å². The monoisotopic (exact) mass is 340 g/mol. The van der Waals surface area contributed by atoms with Gasteiger partial charge in [0.2, 0.25) is 5.91 Å². The Kier molecular flexibility index (Phi) is 6.00. The number of hydrogen-bond donors (Lipinski definition) is 2. The first-order valence-corrected chi connectivity index (χ1v) is 7.39. The number of hydrogen-bond acceptors (Lipinski definition) is 5. The van der Waals surface area contributed by atoms with E-state index in [4.69, 9.17) is 4.74 Å². The lowest BCUT2D eigenvalue weighted by atomic mass is 10.0. The minimum atomic E-state index is -0.711. The Morgan fingerprint density at radius 2 is 1.36 bits per heavy atom. The van der Waals surface area contributed by atoms with E-state index in [2.05, 4.69) is 10.9 Å².